The molecule has 0 bridgehead atoms. The molecule has 0 unspecified atom stereocenters. The molecule has 2 N–H and O–H groups in total. The van der Waals surface area contributed by atoms with Gasteiger partial charge in [-0.25, -0.2) is 4.39 Å². The minimum absolute atomic E-state index is 0.279. The summed E-state index contributed by atoms with van der Waals surface area (Å²) in [6.45, 7) is 2.73. The third-order valence-electron chi connectivity index (χ3n) is 2.69. The molecular formula is C15H16FNO2. The van der Waals surface area contributed by atoms with Crippen LogP contribution in [0.15, 0.2) is 42.5 Å². The number of nitrogens with two attached hydrogens (primary N) is 1. The van der Waals surface area contributed by atoms with Gasteiger partial charge < -0.3 is 15.2 Å². The van der Waals surface area contributed by atoms with Crippen molar-refractivity contribution in [2.75, 3.05) is 18.9 Å². The van der Waals surface area contributed by atoms with Gasteiger partial charge in [-0.2, -0.15) is 0 Å². The Morgan fingerprint density at radius 3 is 2.16 bits per heavy atom. The molecule has 4 heteroatoms. The molecule has 0 amide bonds. The van der Waals surface area contributed by atoms with Gasteiger partial charge in [0.1, 0.15) is 30.5 Å². The number of aryl methyl sites for hydroxylation is 1. The molecule has 19 heavy (non-hydrogen) atoms. The van der Waals surface area contributed by atoms with Gasteiger partial charge in [0.15, 0.2) is 0 Å². The van der Waals surface area contributed by atoms with Crippen molar-refractivity contribution < 1.29 is 13.9 Å². The van der Waals surface area contributed by atoms with E-state index in [4.69, 9.17) is 15.2 Å². The second kappa shape index (κ2) is 6.09. The summed E-state index contributed by atoms with van der Waals surface area (Å²) in [7, 11) is 0. The number of hydrogen-bond acceptors (Lipinski definition) is 3. The van der Waals surface area contributed by atoms with Gasteiger partial charge in [-0.05, 0) is 42.8 Å². The molecule has 2 aromatic carbocycles. The summed E-state index contributed by atoms with van der Waals surface area (Å²) in [5.74, 6) is 1.05. The first-order chi connectivity index (χ1) is 9.15. The Morgan fingerprint density at radius 1 is 0.947 bits per heavy atom. The number of nitrogen functional groups attached to an aromatic ring is 1. The van der Waals surface area contributed by atoms with Crippen LogP contribution in [0.3, 0.4) is 0 Å². The van der Waals surface area contributed by atoms with Crippen molar-refractivity contribution in [3.05, 3.63) is 53.8 Å². The van der Waals surface area contributed by atoms with Crippen LogP contribution in [0.4, 0.5) is 10.1 Å². The highest BCUT2D eigenvalue weighted by molar-refractivity contribution is 5.50. The van der Waals surface area contributed by atoms with Crippen molar-refractivity contribution in [1.82, 2.24) is 0 Å². The number of rotatable bonds is 5. The number of anilines is 1. The van der Waals surface area contributed by atoms with Crippen LogP contribution in [-0.4, -0.2) is 13.2 Å². The Morgan fingerprint density at radius 2 is 1.53 bits per heavy atom. The summed E-state index contributed by atoms with van der Waals surface area (Å²) in [4.78, 5) is 0. The average molecular weight is 261 g/mol. The smallest absolute Gasteiger partial charge is 0.123 e. The van der Waals surface area contributed by atoms with Crippen molar-refractivity contribution >= 4 is 5.69 Å². The largest absolute Gasteiger partial charge is 0.490 e. The van der Waals surface area contributed by atoms with Crippen molar-refractivity contribution in [3.63, 3.8) is 0 Å². The summed E-state index contributed by atoms with van der Waals surface area (Å²) < 4.78 is 23.6. The Labute approximate surface area is 111 Å². The van der Waals surface area contributed by atoms with E-state index in [9.17, 15) is 4.39 Å². The Bertz CT molecular complexity index is 540. The maximum Gasteiger partial charge on any atom is 0.123 e. The molecular weight excluding hydrogens is 245 g/mol. The van der Waals surface area contributed by atoms with E-state index < -0.39 is 0 Å². The molecule has 3 nitrogen and oxygen atoms in total. The van der Waals surface area contributed by atoms with Gasteiger partial charge >= 0.3 is 0 Å². The fraction of sp³-hybridized carbons (Fsp3) is 0.200. The molecule has 0 saturated heterocycles. The van der Waals surface area contributed by atoms with Crippen molar-refractivity contribution in [2.24, 2.45) is 0 Å². The van der Waals surface area contributed by atoms with Gasteiger partial charge in [-0.15, -0.1) is 0 Å². The molecule has 0 aliphatic heterocycles. The van der Waals surface area contributed by atoms with Crippen LogP contribution in [0.2, 0.25) is 0 Å². The van der Waals surface area contributed by atoms with Gasteiger partial charge in [-0.1, -0.05) is 6.07 Å². The number of benzene rings is 2. The van der Waals surface area contributed by atoms with Gasteiger partial charge in [0.05, 0.1) is 0 Å². The maximum atomic E-state index is 12.7. The highest BCUT2D eigenvalue weighted by Crippen LogP contribution is 2.19. The van der Waals surface area contributed by atoms with Gasteiger partial charge in [-0.3, -0.25) is 0 Å². The predicted octanol–water partition coefficient (Wildman–Crippen LogP) is 3.17. The third kappa shape index (κ3) is 3.88. The number of halogens is 1. The van der Waals surface area contributed by atoms with Crippen molar-refractivity contribution in [2.45, 2.75) is 6.92 Å². The molecule has 100 valence electrons. The van der Waals surface area contributed by atoms with Crippen LogP contribution < -0.4 is 15.2 Å². The zero-order valence-electron chi connectivity index (χ0n) is 10.7. The molecule has 0 spiro atoms. The first kappa shape index (κ1) is 13.2. The zero-order chi connectivity index (χ0) is 13.7. The lowest BCUT2D eigenvalue weighted by molar-refractivity contribution is 0.217. The van der Waals surface area contributed by atoms with E-state index in [1.54, 1.807) is 18.2 Å². The molecule has 0 aliphatic rings. The predicted molar refractivity (Wildman–Crippen MR) is 73.0 cm³/mol. The van der Waals surface area contributed by atoms with E-state index in [1.165, 1.54) is 12.1 Å². The summed E-state index contributed by atoms with van der Waals surface area (Å²) in [6.07, 6.45) is 0. The topological polar surface area (TPSA) is 44.5 Å². The van der Waals surface area contributed by atoms with E-state index in [2.05, 4.69) is 0 Å². The average Bonchev–Trinajstić information content (AvgIpc) is 2.41. The quantitative estimate of drug-likeness (QED) is 0.664. The summed E-state index contributed by atoms with van der Waals surface area (Å²) in [6, 6.07) is 11.4. The second-order valence-electron chi connectivity index (χ2n) is 4.17. The van der Waals surface area contributed by atoms with Crippen molar-refractivity contribution in [1.29, 1.82) is 0 Å². The lowest BCUT2D eigenvalue weighted by atomic mass is 10.2. The maximum absolute atomic E-state index is 12.7. The standard InChI is InChI=1S/C15H16FNO2/c1-11-2-5-14(10-15(11)17)19-9-8-18-13-6-3-12(16)4-7-13/h2-7,10H,8-9,17H2,1H3. The van der Waals surface area contributed by atoms with E-state index in [0.29, 0.717) is 30.4 Å². The Hall–Kier alpha value is -2.23. The SMILES string of the molecule is Cc1ccc(OCCOc2ccc(F)cc2)cc1N. The molecule has 0 heterocycles. The van der Waals surface area contributed by atoms with E-state index >= 15 is 0 Å². The van der Waals surface area contributed by atoms with Crippen LogP contribution in [-0.2, 0) is 0 Å². The van der Waals surface area contributed by atoms with Crippen LogP contribution in [0, 0.1) is 12.7 Å². The number of hydrogen-bond donors (Lipinski definition) is 1. The molecule has 0 aliphatic carbocycles. The van der Waals surface area contributed by atoms with Gasteiger partial charge in [0.2, 0.25) is 0 Å². The molecule has 2 rings (SSSR count). The van der Waals surface area contributed by atoms with Crippen LogP contribution in [0.1, 0.15) is 5.56 Å². The summed E-state index contributed by atoms with van der Waals surface area (Å²) in [5.41, 5.74) is 7.51. The molecule has 2 aromatic rings. The van der Waals surface area contributed by atoms with Crippen molar-refractivity contribution in [3.8, 4) is 11.5 Å². The summed E-state index contributed by atoms with van der Waals surface area (Å²) >= 11 is 0. The van der Waals surface area contributed by atoms with Crippen LogP contribution in [0.25, 0.3) is 0 Å². The molecule has 0 saturated carbocycles. The number of ether oxygens (including phenoxy) is 2. The monoisotopic (exact) mass is 261 g/mol. The lowest BCUT2D eigenvalue weighted by Gasteiger charge is -2.09. The highest BCUT2D eigenvalue weighted by Gasteiger charge is 1.99. The van der Waals surface area contributed by atoms with Gasteiger partial charge in [0, 0.05) is 11.8 Å². The molecule has 0 aromatic heterocycles. The first-order valence-corrected chi connectivity index (χ1v) is 6.02. The summed E-state index contributed by atoms with van der Waals surface area (Å²) in [5, 5.41) is 0. The van der Waals surface area contributed by atoms with E-state index in [1.807, 2.05) is 19.1 Å². The van der Waals surface area contributed by atoms with E-state index in [0.717, 1.165) is 5.56 Å². The zero-order valence-corrected chi connectivity index (χ0v) is 10.7. The van der Waals surface area contributed by atoms with E-state index in [-0.39, 0.29) is 5.82 Å². The second-order valence-corrected chi connectivity index (χ2v) is 4.17. The van der Waals surface area contributed by atoms with Gasteiger partial charge in [0.25, 0.3) is 0 Å². The first-order valence-electron chi connectivity index (χ1n) is 6.02. The molecule has 0 atom stereocenters. The fourth-order valence-electron chi connectivity index (χ4n) is 1.56. The minimum atomic E-state index is -0.279. The highest BCUT2D eigenvalue weighted by atomic mass is 19.1. The van der Waals surface area contributed by atoms with Crippen LogP contribution in [0.5, 0.6) is 11.5 Å². The molecule has 0 fully saturated rings. The Balaban J connectivity index is 1.77. The lowest BCUT2D eigenvalue weighted by Crippen LogP contribution is -2.09. The Kier molecular flexibility index (Phi) is 4.23. The third-order valence-corrected chi connectivity index (χ3v) is 2.69. The minimum Gasteiger partial charge on any atom is -0.490 e. The van der Waals surface area contributed by atoms with Crippen LogP contribution >= 0.6 is 0 Å². The normalized spacial score (nSPS) is 10.2. The fourth-order valence-corrected chi connectivity index (χ4v) is 1.56. The molecule has 0 radical (unpaired) electrons.